The number of nitrogens with zero attached hydrogens (tertiary/aromatic N) is 3. The van der Waals surface area contributed by atoms with E-state index in [1.54, 1.807) is 41.0 Å². The van der Waals surface area contributed by atoms with Crippen molar-refractivity contribution in [3.8, 4) is 0 Å². The zero-order chi connectivity index (χ0) is 18.0. The highest BCUT2D eigenvalue weighted by Gasteiger charge is 2.13. The van der Waals surface area contributed by atoms with Gasteiger partial charge < -0.3 is 4.57 Å². The van der Waals surface area contributed by atoms with Gasteiger partial charge in [-0.15, -0.1) is 6.58 Å². The van der Waals surface area contributed by atoms with Crippen molar-refractivity contribution in [1.82, 2.24) is 4.57 Å². The number of carbonyl (C=O) groups excluding carboxylic acids is 1. The molecule has 1 heterocycles. The maximum atomic E-state index is 12.4. The second kappa shape index (κ2) is 7.12. The highest BCUT2D eigenvalue weighted by atomic mass is 79.9. The Balaban J connectivity index is 2.15. The third-order valence-electron chi connectivity index (χ3n) is 3.48. The second-order valence-electron chi connectivity index (χ2n) is 5.12. The van der Waals surface area contributed by atoms with Crippen molar-refractivity contribution in [3.05, 3.63) is 80.1 Å². The molecule has 126 valence electrons. The van der Waals surface area contributed by atoms with Crippen molar-refractivity contribution in [2.75, 3.05) is 0 Å². The minimum absolute atomic E-state index is 0.00565. The summed E-state index contributed by atoms with van der Waals surface area (Å²) in [5.74, 6) is -0.369. The van der Waals surface area contributed by atoms with Gasteiger partial charge in [-0.1, -0.05) is 33.3 Å². The van der Waals surface area contributed by atoms with Gasteiger partial charge in [0.2, 0.25) is 0 Å². The van der Waals surface area contributed by atoms with E-state index in [1.165, 1.54) is 23.5 Å². The number of halogens is 1. The van der Waals surface area contributed by atoms with Gasteiger partial charge in [-0.05, 0) is 30.3 Å². The van der Waals surface area contributed by atoms with E-state index >= 15 is 0 Å². The van der Waals surface area contributed by atoms with Crippen molar-refractivity contribution in [3.63, 3.8) is 0 Å². The molecule has 0 N–H and O–H groups in total. The van der Waals surface area contributed by atoms with E-state index in [0.29, 0.717) is 22.4 Å². The molecule has 0 aliphatic rings. The number of rotatable bonds is 4. The molecule has 0 unspecified atom stereocenters. The Labute approximate surface area is 155 Å². The topological polar surface area (TPSA) is 77.5 Å². The van der Waals surface area contributed by atoms with Crippen LogP contribution in [-0.2, 0) is 6.54 Å². The summed E-state index contributed by atoms with van der Waals surface area (Å²) in [6.45, 7) is 4.10. The molecule has 0 saturated carbocycles. The van der Waals surface area contributed by atoms with Crippen LogP contribution in [0, 0.1) is 10.1 Å². The van der Waals surface area contributed by atoms with Crippen LogP contribution in [0.2, 0.25) is 0 Å². The first kappa shape index (κ1) is 17.2. The van der Waals surface area contributed by atoms with Gasteiger partial charge in [-0.2, -0.15) is 4.99 Å². The van der Waals surface area contributed by atoms with E-state index in [4.69, 9.17) is 0 Å². The molecule has 6 nitrogen and oxygen atoms in total. The van der Waals surface area contributed by atoms with Crippen LogP contribution in [0.4, 0.5) is 5.69 Å². The minimum Gasteiger partial charge on any atom is -0.312 e. The van der Waals surface area contributed by atoms with Crippen molar-refractivity contribution in [2.24, 2.45) is 4.99 Å². The Hall–Kier alpha value is -2.58. The summed E-state index contributed by atoms with van der Waals surface area (Å²) in [5, 5.41) is 11.0. The molecule has 0 fully saturated rings. The summed E-state index contributed by atoms with van der Waals surface area (Å²) in [6, 6.07) is 11.5. The molecule has 25 heavy (non-hydrogen) atoms. The first-order valence-corrected chi connectivity index (χ1v) is 8.84. The first-order chi connectivity index (χ1) is 12.0. The standard InChI is InChI=1S/C17H12BrN3O3S/c1-2-9-20-14-10-13(21(23)24)7-8-15(14)25-17(20)19-16(22)11-3-5-12(18)6-4-11/h2-8,10H,1,9H2. The largest absolute Gasteiger partial charge is 0.312 e. The number of carbonyl (C=O) groups is 1. The summed E-state index contributed by atoms with van der Waals surface area (Å²) in [7, 11) is 0. The van der Waals surface area contributed by atoms with Gasteiger partial charge in [0.15, 0.2) is 4.80 Å². The lowest BCUT2D eigenvalue weighted by atomic mass is 10.2. The van der Waals surface area contributed by atoms with Gasteiger partial charge in [-0.25, -0.2) is 0 Å². The van der Waals surface area contributed by atoms with E-state index in [-0.39, 0.29) is 11.6 Å². The zero-order valence-corrected chi connectivity index (χ0v) is 15.3. The van der Waals surface area contributed by atoms with Crippen molar-refractivity contribution in [2.45, 2.75) is 6.54 Å². The molecule has 0 atom stereocenters. The highest BCUT2D eigenvalue weighted by molar-refractivity contribution is 9.10. The molecule has 0 aliphatic heterocycles. The number of aromatic nitrogens is 1. The lowest BCUT2D eigenvalue weighted by molar-refractivity contribution is -0.384. The second-order valence-corrected chi connectivity index (χ2v) is 7.04. The maximum Gasteiger partial charge on any atom is 0.279 e. The average molecular weight is 418 g/mol. The number of nitro groups is 1. The first-order valence-electron chi connectivity index (χ1n) is 7.23. The number of non-ortho nitro benzene ring substituents is 1. The zero-order valence-electron chi connectivity index (χ0n) is 12.9. The molecule has 1 aromatic heterocycles. The summed E-state index contributed by atoms with van der Waals surface area (Å²) >= 11 is 4.63. The van der Waals surface area contributed by atoms with Crippen LogP contribution < -0.4 is 4.80 Å². The van der Waals surface area contributed by atoms with Gasteiger partial charge in [0, 0.05) is 28.7 Å². The van der Waals surface area contributed by atoms with Crippen LogP contribution in [0.1, 0.15) is 10.4 Å². The third kappa shape index (κ3) is 3.59. The molecule has 0 saturated heterocycles. The van der Waals surface area contributed by atoms with Gasteiger partial charge in [-0.3, -0.25) is 14.9 Å². The monoisotopic (exact) mass is 417 g/mol. The van der Waals surface area contributed by atoms with Gasteiger partial charge in [0.05, 0.1) is 15.1 Å². The molecule has 0 bridgehead atoms. The molecule has 2 aromatic carbocycles. The molecular weight excluding hydrogens is 406 g/mol. The van der Waals surface area contributed by atoms with Crippen LogP contribution in [0.3, 0.4) is 0 Å². The number of amides is 1. The summed E-state index contributed by atoms with van der Waals surface area (Å²) < 4.78 is 3.44. The van der Waals surface area contributed by atoms with E-state index in [2.05, 4.69) is 27.5 Å². The fraction of sp³-hybridized carbons (Fsp3) is 0.0588. The number of hydrogen-bond acceptors (Lipinski definition) is 4. The predicted octanol–water partition coefficient (Wildman–Crippen LogP) is 4.30. The lowest BCUT2D eigenvalue weighted by Gasteiger charge is -2.01. The third-order valence-corrected chi connectivity index (χ3v) is 5.06. The predicted molar refractivity (Wildman–Crippen MR) is 101 cm³/mol. The Kier molecular flexibility index (Phi) is 4.91. The Morgan fingerprint density at radius 1 is 1.32 bits per heavy atom. The van der Waals surface area contributed by atoms with Crippen molar-refractivity contribution in [1.29, 1.82) is 0 Å². The van der Waals surface area contributed by atoms with E-state index in [9.17, 15) is 14.9 Å². The van der Waals surface area contributed by atoms with E-state index in [0.717, 1.165) is 9.17 Å². The van der Waals surface area contributed by atoms with Gasteiger partial charge in [0.25, 0.3) is 11.6 Å². The minimum atomic E-state index is -0.445. The molecule has 1 amide bonds. The van der Waals surface area contributed by atoms with Crippen LogP contribution >= 0.6 is 27.3 Å². The van der Waals surface area contributed by atoms with Crippen molar-refractivity contribution < 1.29 is 9.72 Å². The molecule has 0 radical (unpaired) electrons. The van der Waals surface area contributed by atoms with Gasteiger partial charge >= 0.3 is 0 Å². The number of fused-ring (bicyclic) bond motifs is 1. The summed E-state index contributed by atoms with van der Waals surface area (Å²) in [4.78, 5) is 27.6. The normalized spacial score (nSPS) is 11.6. The molecular formula is C17H12BrN3O3S. The van der Waals surface area contributed by atoms with Crippen LogP contribution in [0.5, 0.6) is 0 Å². The van der Waals surface area contributed by atoms with E-state index < -0.39 is 4.92 Å². The maximum absolute atomic E-state index is 12.4. The van der Waals surface area contributed by atoms with Crippen LogP contribution in [0.25, 0.3) is 10.2 Å². The number of benzene rings is 2. The summed E-state index contributed by atoms with van der Waals surface area (Å²) in [5.41, 5.74) is 1.12. The van der Waals surface area contributed by atoms with Crippen molar-refractivity contribution >= 4 is 49.1 Å². The SMILES string of the molecule is C=CCn1c(=NC(=O)c2ccc(Br)cc2)sc2ccc([N+](=O)[O-])cc21. The number of thiazole rings is 1. The molecule has 3 rings (SSSR count). The number of hydrogen-bond donors (Lipinski definition) is 0. The lowest BCUT2D eigenvalue weighted by Crippen LogP contribution is -2.16. The van der Waals surface area contributed by atoms with Crippen LogP contribution in [0.15, 0.2) is 64.6 Å². The summed E-state index contributed by atoms with van der Waals surface area (Å²) in [6.07, 6.45) is 1.66. The van der Waals surface area contributed by atoms with E-state index in [1.807, 2.05) is 0 Å². The molecule has 3 aromatic rings. The Bertz CT molecular complexity index is 1050. The highest BCUT2D eigenvalue weighted by Crippen LogP contribution is 2.23. The Morgan fingerprint density at radius 2 is 2.04 bits per heavy atom. The smallest absolute Gasteiger partial charge is 0.279 e. The molecule has 0 spiro atoms. The number of nitro benzene ring substituents is 1. The van der Waals surface area contributed by atoms with Gasteiger partial charge in [0.1, 0.15) is 0 Å². The molecule has 0 aliphatic carbocycles. The fourth-order valence-corrected chi connectivity index (χ4v) is 3.59. The van der Waals surface area contributed by atoms with Crippen LogP contribution in [-0.4, -0.2) is 15.4 Å². The number of allylic oxidation sites excluding steroid dienone is 1. The average Bonchev–Trinajstić information content (AvgIpc) is 2.92. The fourth-order valence-electron chi connectivity index (χ4n) is 2.31. The molecule has 8 heteroatoms. The Morgan fingerprint density at radius 3 is 2.68 bits per heavy atom. The quantitative estimate of drug-likeness (QED) is 0.360.